The summed E-state index contributed by atoms with van der Waals surface area (Å²) in [6, 6.07) is -0.181. The van der Waals surface area contributed by atoms with Gasteiger partial charge in [-0.1, -0.05) is 6.92 Å². The summed E-state index contributed by atoms with van der Waals surface area (Å²) in [5.41, 5.74) is 10.6. The van der Waals surface area contributed by atoms with E-state index in [1.165, 1.54) is 0 Å². The molecule has 0 amide bonds. The smallest absolute Gasteiger partial charge is 0.136 e. The zero-order valence-corrected chi connectivity index (χ0v) is 4.96. The Morgan fingerprint density at radius 1 is 1.75 bits per heavy atom. The molecule has 0 aromatic heterocycles. The molecule has 0 rings (SSSR count). The van der Waals surface area contributed by atoms with Crippen molar-refractivity contribution in [2.45, 2.75) is 19.4 Å². The maximum absolute atomic E-state index is 5.39. The van der Waals surface area contributed by atoms with Crippen LogP contribution in [0.2, 0.25) is 0 Å². The minimum Gasteiger partial charge on any atom is -0.384 e. The molecule has 6 N–H and O–H groups in total. The monoisotopic (exact) mass is 116 g/mol. The van der Waals surface area contributed by atoms with E-state index in [9.17, 15) is 0 Å². The van der Waals surface area contributed by atoms with E-state index in [1.54, 1.807) is 0 Å². The molecule has 0 aliphatic rings. The average molecular weight is 116 g/mol. The Bertz CT molecular complexity index is 88.0. The summed E-state index contributed by atoms with van der Waals surface area (Å²) < 4.78 is 0. The van der Waals surface area contributed by atoms with E-state index >= 15 is 0 Å². The molecule has 0 bridgehead atoms. The van der Waals surface area contributed by atoms with Crippen LogP contribution in [0.1, 0.15) is 13.3 Å². The van der Waals surface area contributed by atoms with Crippen LogP contribution in [0.25, 0.3) is 0 Å². The van der Waals surface area contributed by atoms with Crippen LogP contribution in [0.15, 0.2) is 5.10 Å². The van der Waals surface area contributed by atoms with Crippen molar-refractivity contribution in [3.8, 4) is 0 Å². The van der Waals surface area contributed by atoms with Crippen molar-refractivity contribution in [2.75, 3.05) is 0 Å². The number of nitrogens with two attached hydrogens (primary N) is 3. The molecule has 4 heteroatoms. The summed E-state index contributed by atoms with van der Waals surface area (Å²) in [6.07, 6.45) is 0.770. The third-order valence-electron chi connectivity index (χ3n) is 0.969. The summed E-state index contributed by atoms with van der Waals surface area (Å²) in [4.78, 5) is 0. The number of amidine groups is 1. The van der Waals surface area contributed by atoms with Gasteiger partial charge in [0.15, 0.2) is 0 Å². The molecule has 0 aromatic rings. The summed E-state index contributed by atoms with van der Waals surface area (Å²) in [6.45, 7) is 1.92. The molecule has 0 radical (unpaired) electrons. The van der Waals surface area contributed by atoms with Crippen LogP contribution in [0.3, 0.4) is 0 Å². The van der Waals surface area contributed by atoms with Crippen LogP contribution in [0.5, 0.6) is 0 Å². The summed E-state index contributed by atoms with van der Waals surface area (Å²) in [5.74, 6) is 5.14. The molecule has 0 saturated carbocycles. The van der Waals surface area contributed by atoms with Crippen LogP contribution in [-0.2, 0) is 0 Å². The van der Waals surface area contributed by atoms with E-state index in [-0.39, 0.29) is 6.04 Å². The first-order chi connectivity index (χ1) is 3.72. The fourth-order valence-corrected chi connectivity index (χ4v) is 0.305. The number of nitrogens with zero attached hydrogens (tertiary/aromatic N) is 1. The van der Waals surface area contributed by atoms with E-state index in [0.717, 1.165) is 6.42 Å². The summed E-state index contributed by atoms with van der Waals surface area (Å²) in [7, 11) is 0. The van der Waals surface area contributed by atoms with Gasteiger partial charge in [-0.3, -0.25) is 0 Å². The van der Waals surface area contributed by atoms with Gasteiger partial charge in [-0.05, 0) is 6.42 Å². The lowest BCUT2D eigenvalue weighted by atomic mass is 10.2. The van der Waals surface area contributed by atoms with Crippen molar-refractivity contribution in [2.24, 2.45) is 22.4 Å². The summed E-state index contributed by atoms with van der Waals surface area (Å²) in [5, 5.41) is 3.23. The van der Waals surface area contributed by atoms with Gasteiger partial charge in [0.2, 0.25) is 0 Å². The number of hydrogen-bond donors (Lipinski definition) is 3. The molecule has 0 aliphatic heterocycles. The largest absolute Gasteiger partial charge is 0.384 e. The lowest BCUT2D eigenvalue weighted by Crippen LogP contribution is -2.36. The maximum atomic E-state index is 5.39. The van der Waals surface area contributed by atoms with Gasteiger partial charge in [-0.25, -0.2) is 0 Å². The zero-order chi connectivity index (χ0) is 6.57. The molecular weight excluding hydrogens is 104 g/mol. The Balaban J connectivity index is 3.63. The van der Waals surface area contributed by atoms with Crippen LogP contribution < -0.4 is 17.3 Å². The first-order valence-electron chi connectivity index (χ1n) is 2.51. The van der Waals surface area contributed by atoms with Crippen molar-refractivity contribution in [1.82, 2.24) is 0 Å². The quantitative estimate of drug-likeness (QED) is 0.186. The van der Waals surface area contributed by atoms with Gasteiger partial charge in [0, 0.05) is 0 Å². The van der Waals surface area contributed by atoms with Crippen molar-refractivity contribution < 1.29 is 0 Å². The third-order valence-corrected chi connectivity index (χ3v) is 0.969. The lowest BCUT2D eigenvalue weighted by molar-refractivity contribution is 0.807. The highest BCUT2D eigenvalue weighted by molar-refractivity contribution is 5.85. The van der Waals surface area contributed by atoms with Crippen LogP contribution in [0.4, 0.5) is 0 Å². The summed E-state index contributed by atoms with van der Waals surface area (Å²) >= 11 is 0. The second-order valence-electron chi connectivity index (χ2n) is 1.57. The zero-order valence-electron chi connectivity index (χ0n) is 4.96. The number of rotatable bonds is 2. The van der Waals surface area contributed by atoms with Gasteiger partial charge in [-0.2, -0.15) is 5.10 Å². The van der Waals surface area contributed by atoms with Gasteiger partial charge in [0.1, 0.15) is 5.84 Å². The Morgan fingerprint density at radius 3 is 2.38 bits per heavy atom. The Kier molecular flexibility index (Phi) is 2.95. The fraction of sp³-hybridized carbons (Fsp3) is 0.750. The molecule has 0 heterocycles. The highest BCUT2D eigenvalue weighted by Crippen LogP contribution is 1.82. The van der Waals surface area contributed by atoms with E-state index in [4.69, 9.17) is 17.3 Å². The molecule has 0 saturated heterocycles. The molecule has 0 aromatic carbocycles. The number of hydrazone groups is 1. The molecule has 1 unspecified atom stereocenters. The normalized spacial score (nSPS) is 16.0. The van der Waals surface area contributed by atoms with Crippen molar-refractivity contribution in [1.29, 1.82) is 0 Å². The lowest BCUT2D eigenvalue weighted by Gasteiger charge is -2.04. The van der Waals surface area contributed by atoms with Crippen LogP contribution in [-0.4, -0.2) is 11.9 Å². The van der Waals surface area contributed by atoms with Crippen molar-refractivity contribution in [3.63, 3.8) is 0 Å². The van der Waals surface area contributed by atoms with E-state index in [2.05, 4.69) is 5.10 Å². The average Bonchev–Trinajstić information content (AvgIpc) is 1.84. The second-order valence-corrected chi connectivity index (χ2v) is 1.57. The van der Waals surface area contributed by atoms with Gasteiger partial charge in [0.25, 0.3) is 0 Å². The number of hydrogen-bond acceptors (Lipinski definition) is 3. The third kappa shape index (κ3) is 1.79. The molecule has 0 aliphatic carbocycles. The predicted octanol–water partition coefficient (Wildman–Crippen LogP) is -1.05. The Labute approximate surface area is 48.7 Å². The van der Waals surface area contributed by atoms with Gasteiger partial charge < -0.3 is 17.3 Å². The molecule has 4 nitrogen and oxygen atoms in total. The first kappa shape index (κ1) is 7.23. The van der Waals surface area contributed by atoms with Gasteiger partial charge >= 0.3 is 0 Å². The van der Waals surface area contributed by atoms with Crippen molar-refractivity contribution in [3.05, 3.63) is 0 Å². The molecule has 48 valence electrons. The van der Waals surface area contributed by atoms with Gasteiger partial charge in [-0.15, -0.1) is 0 Å². The molecular formula is C4H12N4. The van der Waals surface area contributed by atoms with E-state index < -0.39 is 0 Å². The SMILES string of the molecule is CCC(N)/C(N)=N/N. The van der Waals surface area contributed by atoms with Crippen LogP contribution in [0, 0.1) is 0 Å². The predicted molar refractivity (Wildman–Crippen MR) is 34.1 cm³/mol. The maximum Gasteiger partial charge on any atom is 0.136 e. The van der Waals surface area contributed by atoms with E-state index in [0.29, 0.717) is 5.84 Å². The highest BCUT2D eigenvalue weighted by atomic mass is 15.2. The topological polar surface area (TPSA) is 90.4 Å². The molecule has 0 fully saturated rings. The Hall–Kier alpha value is -0.770. The van der Waals surface area contributed by atoms with Crippen LogP contribution >= 0.6 is 0 Å². The first-order valence-corrected chi connectivity index (χ1v) is 2.51. The highest BCUT2D eigenvalue weighted by Gasteiger charge is 2.00. The molecule has 8 heavy (non-hydrogen) atoms. The molecule has 1 atom stereocenters. The molecule has 0 spiro atoms. The van der Waals surface area contributed by atoms with Crippen molar-refractivity contribution >= 4 is 5.84 Å². The Morgan fingerprint density at radius 2 is 2.25 bits per heavy atom. The second kappa shape index (κ2) is 3.26. The minimum atomic E-state index is -0.181. The van der Waals surface area contributed by atoms with E-state index in [1.807, 2.05) is 6.92 Å². The standard InChI is InChI=1S/C4H12N4/c1-2-3(5)4(6)8-7/h3H,2,5,7H2,1H3,(H2,6,8). The minimum absolute atomic E-state index is 0.181. The fourth-order valence-electron chi connectivity index (χ4n) is 0.305. The van der Waals surface area contributed by atoms with Gasteiger partial charge in [0.05, 0.1) is 6.04 Å².